The van der Waals surface area contributed by atoms with Gasteiger partial charge in [0.05, 0.1) is 11.0 Å². The summed E-state index contributed by atoms with van der Waals surface area (Å²) in [7, 11) is 1.83. The van der Waals surface area contributed by atoms with Gasteiger partial charge in [-0.1, -0.05) is 6.07 Å². The highest BCUT2D eigenvalue weighted by molar-refractivity contribution is 6.09. The van der Waals surface area contributed by atoms with Crippen molar-refractivity contribution in [2.24, 2.45) is 7.05 Å². The molecule has 0 amide bonds. The van der Waals surface area contributed by atoms with Crippen molar-refractivity contribution < 1.29 is 8.78 Å². The van der Waals surface area contributed by atoms with Crippen LogP contribution in [0.25, 0.3) is 32.9 Å². The highest BCUT2D eigenvalue weighted by atomic mass is 19.2. The Labute approximate surface area is 124 Å². The quantitative estimate of drug-likeness (QED) is 0.530. The molecule has 0 fully saturated rings. The number of benzene rings is 1. The fraction of sp³-hybridized carbons (Fsp3) is 0.0588. The van der Waals surface area contributed by atoms with Crippen LogP contribution in [0.5, 0.6) is 0 Å². The molecular weight excluding hydrogens is 284 g/mol. The lowest BCUT2D eigenvalue weighted by atomic mass is 10.0. The standard InChI is InChI=1S/C17H11F2N3/c1-22-13-4-6-21-9-12(13)15-14(22)7-11(16(18)17(15)19)10-3-2-5-20-8-10/h2-9H,1H3. The zero-order valence-corrected chi connectivity index (χ0v) is 11.7. The Morgan fingerprint density at radius 2 is 1.77 bits per heavy atom. The Morgan fingerprint density at radius 1 is 0.955 bits per heavy atom. The lowest BCUT2D eigenvalue weighted by molar-refractivity contribution is 0.520. The molecule has 3 heterocycles. The maximum Gasteiger partial charge on any atom is 0.169 e. The van der Waals surface area contributed by atoms with Crippen LogP contribution in [0.3, 0.4) is 0 Å². The van der Waals surface area contributed by atoms with Crippen molar-refractivity contribution in [3.05, 3.63) is 60.7 Å². The molecule has 0 radical (unpaired) electrons. The molecular formula is C17H11F2N3. The lowest BCUT2D eigenvalue weighted by Gasteiger charge is -2.06. The van der Waals surface area contributed by atoms with Gasteiger partial charge in [-0.2, -0.15) is 0 Å². The van der Waals surface area contributed by atoms with Crippen LogP contribution in [0, 0.1) is 11.6 Å². The first kappa shape index (κ1) is 12.9. The minimum atomic E-state index is -0.864. The third kappa shape index (κ3) is 1.65. The fourth-order valence-electron chi connectivity index (χ4n) is 2.87. The predicted molar refractivity (Wildman–Crippen MR) is 81.4 cm³/mol. The molecule has 0 saturated heterocycles. The largest absolute Gasteiger partial charge is 0.343 e. The molecule has 22 heavy (non-hydrogen) atoms. The van der Waals surface area contributed by atoms with Crippen molar-refractivity contribution in [1.29, 1.82) is 0 Å². The number of aromatic nitrogens is 3. The molecule has 5 heteroatoms. The maximum absolute atomic E-state index is 14.7. The zero-order chi connectivity index (χ0) is 15.3. The maximum atomic E-state index is 14.7. The lowest BCUT2D eigenvalue weighted by Crippen LogP contribution is -1.94. The van der Waals surface area contributed by atoms with Crippen LogP contribution in [0.2, 0.25) is 0 Å². The summed E-state index contributed by atoms with van der Waals surface area (Å²) in [4.78, 5) is 7.99. The minimum Gasteiger partial charge on any atom is -0.343 e. The average Bonchev–Trinajstić information content (AvgIpc) is 2.85. The summed E-state index contributed by atoms with van der Waals surface area (Å²) in [5, 5.41) is 0.866. The number of nitrogens with zero attached hydrogens (tertiary/aromatic N) is 3. The van der Waals surface area contributed by atoms with Crippen LogP contribution < -0.4 is 0 Å². The van der Waals surface area contributed by atoms with E-state index in [1.165, 1.54) is 6.20 Å². The van der Waals surface area contributed by atoms with E-state index in [0.717, 1.165) is 5.52 Å². The number of fused-ring (bicyclic) bond motifs is 3. The molecule has 0 aliphatic rings. The smallest absolute Gasteiger partial charge is 0.169 e. The first-order chi connectivity index (χ1) is 10.7. The van der Waals surface area contributed by atoms with E-state index in [4.69, 9.17) is 0 Å². The van der Waals surface area contributed by atoms with Crippen LogP contribution in [0.4, 0.5) is 8.78 Å². The van der Waals surface area contributed by atoms with Crippen LogP contribution in [0.1, 0.15) is 0 Å². The van der Waals surface area contributed by atoms with Crippen LogP contribution in [-0.2, 0) is 7.05 Å². The molecule has 4 aromatic rings. The monoisotopic (exact) mass is 295 g/mol. The summed E-state index contributed by atoms with van der Waals surface area (Å²) < 4.78 is 31.0. The van der Waals surface area contributed by atoms with Gasteiger partial charge in [0.2, 0.25) is 0 Å². The molecule has 108 valence electrons. The topological polar surface area (TPSA) is 30.7 Å². The van der Waals surface area contributed by atoms with Crippen molar-refractivity contribution in [1.82, 2.24) is 14.5 Å². The highest BCUT2D eigenvalue weighted by Crippen LogP contribution is 2.35. The Hall–Kier alpha value is -2.82. The van der Waals surface area contributed by atoms with Crippen LogP contribution in [-0.4, -0.2) is 14.5 Å². The number of pyridine rings is 2. The van der Waals surface area contributed by atoms with Crippen molar-refractivity contribution in [2.75, 3.05) is 0 Å². The van der Waals surface area contributed by atoms with E-state index in [2.05, 4.69) is 9.97 Å². The molecule has 0 aliphatic carbocycles. The van der Waals surface area contributed by atoms with Gasteiger partial charge in [0, 0.05) is 53.7 Å². The Kier molecular flexibility index (Phi) is 2.69. The number of hydrogen-bond donors (Lipinski definition) is 0. The Balaban J connectivity index is 2.17. The number of aryl methyl sites for hydroxylation is 1. The summed E-state index contributed by atoms with van der Waals surface area (Å²) in [6.07, 6.45) is 6.31. The normalized spacial score (nSPS) is 11.4. The summed E-state index contributed by atoms with van der Waals surface area (Å²) in [5.41, 5.74) is 2.19. The molecule has 0 N–H and O–H groups in total. The van der Waals surface area contributed by atoms with Gasteiger partial charge in [0.1, 0.15) is 0 Å². The summed E-state index contributed by atoms with van der Waals surface area (Å²) >= 11 is 0. The van der Waals surface area contributed by atoms with E-state index in [1.807, 2.05) is 11.6 Å². The van der Waals surface area contributed by atoms with E-state index in [0.29, 0.717) is 16.5 Å². The Bertz CT molecular complexity index is 1010. The minimum absolute atomic E-state index is 0.206. The van der Waals surface area contributed by atoms with Crippen molar-refractivity contribution in [3.63, 3.8) is 0 Å². The Morgan fingerprint density at radius 3 is 2.55 bits per heavy atom. The average molecular weight is 295 g/mol. The van der Waals surface area contributed by atoms with Crippen molar-refractivity contribution in [3.8, 4) is 11.1 Å². The van der Waals surface area contributed by atoms with Gasteiger partial charge >= 0.3 is 0 Å². The highest BCUT2D eigenvalue weighted by Gasteiger charge is 2.20. The van der Waals surface area contributed by atoms with E-state index >= 15 is 0 Å². The van der Waals surface area contributed by atoms with Crippen molar-refractivity contribution in [2.45, 2.75) is 0 Å². The third-order valence-electron chi connectivity index (χ3n) is 3.95. The van der Waals surface area contributed by atoms with Crippen LogP contribution >= 0.6 is 0 Å². The molecule has 0 bridgehead atoms. The zero-order valence-electron chi connectivity index (χ0n) is 11.7. The SMILES string of the molecule is Cn1c2ccncc2c2c(F)c(F)c(-c3cccnc3)cc21. The van der Waals surface area contributed by atoms with Gasteiger partial charge in [0.25, 0.3) is 0 Å². The second-order valence-electron chi connectivity index (χ2n) is 5.14. The van der Waals surface area contributed by atoms with Gasteiger partial charge in [-0.25, -0.2) is 8.78 Å². The molecule has 3 aromatic heterocycles. The number of halogens is 2. The molecule has 3 nitrogen and oxygen atoms in total. The van der Waals surface area contributed by atoms with E-state index in [1.54, 1.807) is 42.9 Å². The number of hydrogen-bond acceptors (Lipinski definition) is 2. The molecule has 4 rings (SSSR count). The molecule has 0 saturated carbocycles. The second-order valence-corrected chi connectivity index (χ2v) is 5.14. The van der Waals surface area contributed by atoms with E-state index in [-0.39, 0.29) is 10.9 Å². The molecule has 0 atom stereocenters. The van der Waals surface area contributed by atoms with Gasteiger partial charge in [0.15, 0.2) is 11.6 Å². The van der Waals surface area contributed by atoms with Gasteiger partial charge < -0.3 is 4.57 Å². The molecule has 0 unspecified atom stereocenters. The van der Waals surface area contributed by atoms with Gasteiger partial charge in [-0.3, -0.25) is 9.97 Å². The fourth-order valence-corrected chi connectivity index (χ4v) is 2.87. The molecule has 1 aromatic carbocycles. The molecule has 0 aliphatic heterocycles. The summed E-state index contributed by atoms with van der Waals surface area (Å²) in [6, 6.07) is 6.85. The molecule has 0 spiro atoms. The second kappa shape index (κ2) is 4.59. The first-order valence-electron chi connectivity index (χ1n) is 6.79. The summed E-state index contributed by atoms with van der Waals surface area (Å²) in [6.45, 7) is 0. The third-order valence-corrected chi connectivity index (χ3v) is 3.95. The first-order valence-corrected chi connectivity index (χ1v) is 6.79. The van der Waals surface area contributed by atoms with Gasteiger partial charge in [-0.05, 0) is 18.2 Å². The van der Waals surface area contributed by atoms with Crippen LogP contribution in [0.15, 0.2) is 49.1 Å². The predicted octanol–water partition coefficient (Wildman–Crippen LogP) is 4.07. The summed E-state index contributed by atoms with van der Waals surface area (Å²) in [5.74, 6) is -1.72. The van der Waals surface area contributed by atoms with E-state index in [9.17, 15) is 8.78 Å². The van der Waals surface area contributed by atoms with Crippen molar-refractivity contribution >= 4 is 21.8 Å². The van der Waals surface area contributed by atoms with Gasteiger partial charge in [-0.15, -0.1) is 0 Å². The van der Waals surface area contributed by atoms with E-state index < -0.39 is 11.6 Å². The number of rotatable bonds is 1.